The van der Waals surface area contributed by atoms with E-state index in [-0.39, 0.29) is 31.7 Å². The molecule has 0 saturated heterocycles. The number of ether oxygens (including phenoxy) is 2. The van der Waals surface area contributed by atoms with E-state index >= 15 is 0 Å². The highest BCUT2D eigenvalue weighted by Gasteiger charge is 2.38. The molecule has 0 aromatic heterocycles. The third-order valence-corrected chi connectivity index (χ3v) is 7.42. The summed E-state index contributed by atoms with van der Waals surface area (Å²) in [5.41, 5.74) is 0.623. The quantitative estimate of drug-likeness (QED) is 0.370. The van der Waals surface area contributed by atoms with Crippen molar-refractivity contribution in [3.05, 3.63) is 64.2 Å². The predicted molar refractivity (Wildman–Crippen MR) is 129 cm³/mol. The number of benzene rings is 2. The zero-order valence-electron chi connectivity index (χ0n) is 17.6. The number of aliphatic imine (C=N–C) groups is 1. The Morgan fingerprint density at radius 3 is 2.53 bits per heavy atom. The summed E-state index contributed by atoms with van der Waals surface area (Å²) in [5, 5.41) is 13.2. The highest BCUT2D eigenvalue weighted by atomic mass is 35.5. The van der Waals surface area contributed by atoms with Crippen LogP contribution in [0.1, 0.15) is 15.9 Å². The number of fused-ring (bicyclic) bond motifs is 1. The lowest BCUT2D eigenvalue weighted by Gasteiger charge is -2.20. The van der Waals surface area contributed by atoms with Crippen molar-refractivity contribution >= 4 is 66.5 Å². The number of amides is 1. The molecular formula is C21H15ClN4O6S2. The van der Waals surface area contributed by atoms with E-state index in [0.29, 0.717) is 28.6 Å². The van der Waals surface area contributed by atoms with Crippen molar-refractivity contribution in [2.45, 2.75) is 0 Å². The van der Waals surface area contributed by atoms with Crippen molar-refractivity contribution in [2.75, 3.05) is 13.4 Å². The van der Waals surface area contributed by atoms with Gasteiger partial charge in [0.15, 0.2) is 5.84 Å². The largest absolute Gasteiger partial charge is 0.497 e. The third kappa shape index (κ3) is 4.74. The maximum absolute atomic E-state index is 12.5. The lowest BCUT2D eigenvalue weighted by Crippen LogP contribution is -2.35. The molecule has 1 N–H and O–H groups in total. The molecule has 10 nitrogen and oxygen atoms in total. The number of carbonyl (C=O) groups excluding carboxylic acids is 2. The highest BCUT2D eigenvalue weighted by Crippen LogP contribution is 2.31. The second-order valence-electron chi connectivity index (χ2n) is 6.97. The number of thioether (sulfide) groups is 1. The number of nitrogens with zero attached hydrogens (tertiary/aromatic N) is 3. The number of methoxy groups -OCH3 is 1. The van der Waals surface area contributed by atoms with Crippen LogP contribution in [0, 0.1) is 5.41 Å². The molecule has 2 aliphatic heterocycles. The van der Waals surface area contributed by atoms with E-state index < -0.39 is 21.7 Å². The van der Waals surface area contributed by atoms with E-state index in [4.69, 9.17) is 26.5 Å². The average Bonchev–Trinajstić information content (AvgIpc) is 3.23. The van der Waals surface area contributed by atoms with Crippen molar-refractivity contribution in [1.29, 1.82) is 5.41 Å². The normalized spacial score (nSPS) is 16.8. The Kier molecular flexibility index (Phi) is 6.30. The molecule has 0 fully saturated rings. The molecule has 13 heteroatoms. The fraction of sp³-hybridized carbons (Fsp3) is 0.0952. The number of hydrazone groups is 1. The minimum atomic E-state index is -3.62. The number of halogens is 1. The summed E-state index contributed by atoms with van der Waals surface area (Å²) in [6.45, 7) is 0. The molecule has 0 spiro atoms. The van der Waals surface area contributed by atoms with Crippen LogP contribution in [0.4, 0.5) is 0 Å². The molecule has 0 unspecified atom stereocenters. The van der Waals surface area contributed by atoms with Crippen molar-refractivity contribution in [2.24, 2.45) is 10.1 Å². The molecule has 0 atom stereocenters. The van der Waals surface area contributed by atoms with Gasteiger partial charge in [0.05, 0.1) is 23.3 Å². The average molecular weight is 519 g/mol. The van der Waals surface area contributed by atoms with E-state index in [1.54, 1.807) is 30.3 Å². The molecule has 0 aliphatic carbocycles. The maximum Gasteiger partial charge on any atom is 0.343 e. The van der Waals surface area contributed by atoms with Crippen LogP contribution in [-0.2, 0) is 14.6 Å². The van der Waals surface area contributed by atoms with Gasteiger partial charge in [-0.25, -0.2) is 13.2 Å². The van der Waals surface area contributed by atoms with Crippen LogP contribution in [0.15, 0.2) is 58.1 Å². The fourth-order valence-electron chi connectivity index (χ4n) is 2.87. The lowest BCUT2D eigenvalue weighted by atomic mass is 10.1. The molecular weight excluding hydrogens is 504 g/mol. The number of sulfone groups is 1. The van der Waals surface area contributed by atoms with Gasteiger partial charge in [-0.3, -0.25) is 10.2 Å². The number of esters is 1. The van der Waals surface area contributed by atoms with Gasteiger partial charge < -0.3 is 9.47 Å². The second-order valence-corrected chi connectivity index (χ2v) is 10.5. The van der Waals surface area contributed by atoms with Crippen molar-refractivity contribution < 1.29 is 27.5 Å². The summed E-state index contributed by atoms with van der Waals surface area (Å²) in [6.07, 6.45) is 2.34. The maximum atomic E-state index is 12.5. The fourth-order valence-corrected chi connectivity index (χ4v) is 4.78. The molecule has 1 amide bonds. The first kappa shape index (κ1) is 23.7. The van der Waals surface area contributed by atoms with E-state index in [9.17, 15) is 18.0 Å². The van der Waals surface area contributed by atoms with Crippen molar-refractivity contribution in [3.8, 4) is 11.5 Å². The van der Waals surface area contributed by atoms with Crippen LogP contribution in [0.25, 0.3) is 6.08 Å². The Bertz CT molecular complexity index is 1430. The molecule has 2 aromatic rings. The molecule has 0 bridgehead atoms. The number of rotatable bonds is 4. The van der Waals surface area contributed by atoms with E-state index in [0.717, 1.165) is 11.3 Å². The SMILES string of the molecule is COc1ccc(C(=O)Oc2ccc(/C=C3/C(=N)N4N=C(S(C)(=O)=O)SC4=NC3=O)cc2Cl)cc1. The smallest absolute Gasteiger partial charge is 0.343 e. The van der Waals surface area contributed by atoms with Gasteiger partial charge in [-0.2, -0.15) is 10.0 Å². The second kappa shape index (κ2) is 9.05. The van der Waals surface area contributed by atoms with Crippen molar-refractivity contribution in [3.63, 3.8) is 0 Å². The van der Waals surface area contributed by atoms with Gasteiger partial charge in [0.2, 0.25) is 19.4 Å². The third-order valence-electron chi connectivity index (χ3n) is 4.55. The first-order valence-corrected chi connectivity index (χ1v) is 12.5. The Balaban J connectivity index is 1.55. The first-order valence-electron chi connectivity index (χ1n) is 9.43. The summed E-state index contributed by atoms with van der Waals surface area (Å²) in [7, 11) is -2.11. The molecule has 34 heavy (non-hydrogen) atoms. The molecule has 0 radical (unpaired) electrons. The molecule has 2 aromatic carbocycles. The van der Waals surface area contributed by atoms with Gasteiger partial charge in [0.25, 0.3) is 5.91 Å². The number of nitrogens with one attached hydrogen (secondary N) is 1. The number of amidine groups is 2. The van der Waals surface area contributed by atoms with Crippen LogP contribution < -0.4 is 9.47 Å². The minimum Gasteiger partial charge on any atom is -0.497 e. The monoisotopic (exact) mass is 518 g/mol. The van der Waals surface area contributed by atoms with Crippen LogP contribution in [0.2, 0.25) is 5.02 Å². The van der Waals surface area contributed by atoms with E-state index in [1.165, 1.54) is 25.3 Å². The van der Waals surface area contributed by atoms with Crippen molar-refractivity contribution in [1.82, 2.24) is 5.01 Å². The highest BCUT2D eigenvalue weighted by molar-refractivity contribution is 8.42. The molecule has 0 saturated carbocycles. The Labute approximate surface area is 203 Å². The molecule has 174 valence electrons. The summed E-state index contributed by atoms with van der Waals surface area (Å²) in [5.74, 6) is -0.967. The standard InChI is InChI=1S/C21H15ClN4O6S2/c1-31-13-6-4-12(5-7-13)19(28)32-16-8-3-11(10-15(16)22)9-14-17(23)26-20(24-18(14)27)33-21(25-26)34(2,29)30/h3-10,23H,1-2H3/b14-9-,23-17?. The summed E-state index contributed by atoms with van der Waals surface area (Å²) >= 11 is 6.96. The molecule has 4 rings (SSSR count). The van der Waals surface area contributed by atoms with E-state index in [1.807, 2.05) is 0 Å². The lowest BCUT2D eigenvalue weighted by molar-refractivity contribution is -0.114. The van der Waals surface area contributed by atoms with Gasteiger partial charge in [-0.1, -0.05) is 17.7 Å². The summed E-state index contributed by atoms with van der Waals surface area (Å²) in [6, 6.07) is 10.8. The molecule has 2 aliphatic rings. The first-order chi connectivity index (χ1) is 16.1. The van der Waals surface area contributed by atoms with Gasteiger partial charge in [-0.15, -0.1) is 5.10 Å². The number of hydrogen-bond donors (Lipinski definition) is 1. The van der Waals surface area contributed by atoms with Crippen LogP contribution in [0.3, 0.4) is 0 Å². The molecule has 2 heterocycles. The zero-order valence-corrected chi connectivity index (χ0v) is 20.0. The minimum absolute atomic E-state index is 0.00796. The number of carbonyl (C=O) groups is 2. The summed E-state index contributed by atoms with van der Waals surface area (Å²) < 4.78 is 33.6. The van der Waals surface area contributed by atoms with Gasteiger partial charge in [-0.05, 0) is 59.8 Å². The van der Waals surface area contributed by atoms with Gasteiger partial charge in [0, 0.05) is 6.26 Å². The Morgan fingerprint density at radius 2 is 1.91 bits per heavy atom. The van der Waals surface area contributed by atoms with Crippen LogP contribution >= 0.6 is 23.4 Å². The zero-order chi connectivity index (χ0) is 24.6. The van der Waals surface area contributed by atoms with Crippen LogP contribution in [0.5, 0.6) is 11.5 Å². The Morgan fingerprint density at radius 1 is 1.21 bits per heavy atom. The topological polar surface area (TPSA) is 139 Å². The summed E-state index contributed by atoms with van der Waals surface area (Å²) in [4.78, 5) is 28.7. The Hall–Kier alpha value is -3.48. The predicted octanol–water partition coefficient (Wildman–Crippen LogP) is 3.19. The van der Waals surface area contributed by atoms with Gasteiger partial charge >= 0.3 is 5.97 Å². The van der Waals surface area contributed by atoms with Crippen LogP contribution in [-0.4, -0.2) is 54.0 Å². The van der Waals surface area contributed by atoms with Gasteiger partial charge in [0.1, 0.15) is 11.5 Å². The van der Waals surface area contributed by atoms with E-state index in [2.05, 4.69) is 10.1 Å². The number of hydrogen-bond acceptors (Lipinski definition) is 9.